The molecule has 0 N–H and O–H groups in total. The number of carbonyl (C=O) groups excluding carboxylic acids is 3. The molecule has 2 aromatic heterocycles. The number of imide groups is 1. The Kier molecular flexibility index (Phi) is 7.24. The molecule has 0 spiro atoms. The number of rotatable bonds is 10. The molecule has 3 amide bonds. The second-order valence-corrected chi connectivity index (χ2v) is 8.82. The topological polar surface area (TPSA) is 97.6 Å². The van der Waals surface area contributed by atoms with E-state index in [2.05, 4.69) is 10.1 Å². The Bertz CT molecular complexity index is 1180. The lowest BCUT2D eigenvalue weighted by Gasteiger charge is -2.29. The maximum Gasteiger partial charge on any atom is 0.240 e. The number of nitrogens with zero attached hydrogens (tertiary/aromatic N) is 5. The fourth-order valence-corrected chi connectivity index (χ4v) is 4.40. The standard InChI is InChI=1S/C26H29N5O4/c1-29(18-20-16-28-30(2)19-20)23(32)14-26(21-8-4-3-5-9-21)15-24(33)31(25(26)34)12-7-13-35-22-10-6-11-27-17-22/h3-6,8-11,16-17,19H,7,12-15,18H2,1-2H3/t26-/m0/s1. The molecule has 1 aromatic carbocycles. The number of pyridine rings is 1. The molecule has 3 aromatic rings. The number of benzene rings is 1. The third kappa shape index (κ3) is 5.40. The molecule has 0 unspecified atom stereocenters. The van der Waals surface area contributed by atoms with Crippen molar-refractivity contribution in [1.29, 1.82) is 0 Å². The predicted octanol–water partition coefficient (Wildman–Crippen LogP) is 2.33. The second kappa shape index (κ2) is 10.5. The Hall–Kier alpha value is -4.01. The number of hydrogen-bond donors (Lipinski definition) is 0. The highest BCUT2D eigenvalue weighted by Crippen LogP contribution is 2.40. The molecule has 0 saturated carbocycles. The van der Waals surface area contributed by atoms with Gasteiger partial charge in [-0.05, 0) is 24.1 Å². The average molecular weight is 476 g/mol. The maximum absolute atomic E-state index is 13.7. The summed E-state index contributed by atoms with van der Waals surface area (Å²) >= 11 is 0. The van der Waals surface area contributed by atoms with E-state index in [0.29, 0.717) is 30.9 Å². The quantitative estimate of drug-likeness (QED) is 0.330. The Morgan fingerprint density at radius 2 is 1.94 bits per heavy atom. The van der Waals surface area contributed by atoms with E-state index in [1.54, 1.807) is 47.4 Å². The smallest absolute Gasteiger partial charge is 0.240 e. The van der Waals surface area contributed by atoms with Crippen LogP contribution in [0, 0.1) is 0 Å². The van der Waals surface area contributed by atoms with Crippen molar-refractivity contribution in [1.82, 2.24) is 24.6 Å². The van der Waals surface area contributed by atoms with Gasteiger partial charge in [-0.1, -0.05) is 30.3 Å². The molecule has 4 rings (SSSR count). The first-order valence-electron chi connectivity index (χ1n) is 11.5. The number of amides is 3. The van der Waals surface area contributed by atoms with Gasteiger partial charge in [-0.25, -0.2) is 0 Å². The summed E-state index contributed by atoms with van der Waals surface area (Å²) in [5.74, 6) is -0.186. The maximum atomic E-state index is 13.7. The first-order valence-corrected chi connectivity index (χ1v) is 11.5. The van der Waals surface area contributed by atoms with Crippen molar-refractivity contribution in [3.63, 3.8) is 0 Å². The normalized spacial score (nSPS) is 17.6. The van der Waals surface area contributed by atoms with Gasteiger partial charge in [-0.3, -0.25) is 28.9 Å². The van der Waals surface area contributed by atoms with Crippen LogP contribution in [0.4, 0.5) is 0 Å². The molecule has 0 bridgehead atoms. The summed E-state index contributed by atoms with van der Waals surface area (Å²) in [5, 5.41) is 4.14. The van der Waals surface area contributed by atoms with Gasteiger partial charge < -0.3 is 9.64 Å². The number of hydrogen-bond acceptors (Lipinski definition) is 6. The molecule has 9 nitrogen and oxygen atoms in total. The molecular formula is C26H29N5O4. The largest absolute Gasteiger partial charge is 0.492 e. The molecule has 182 valence electrons. The third-order valence-corrected chi connectivity index (χ3v) is 6.22. The summed E-state index contributed by atoms with van der Waals surface area (Å²) in [6.45, 7) is 0.940. The van der Waals surface area contributed by atoms with Gasteiger partial charge in [0.1, 0.15) is 5.75 Å². The van der Waals surface area contributed by atoms with E-state index in [-0.39, 0.29) is 37.1 Å². The molecule has 35 heavy (non-hydrogen) atoms. The summed E-state index contributed by atoms with van der Waals surface area (Å²) < 4.78 is 7.32. The van der Waals surface area contributed by atoms with Crippen molar-refractivity contribution in [2.75, 3.05) is 20.2 Å². The molecule has 1 aliphatic rings. The molecule has 1 aliphatic heterocycles. The van der Waals surface area contributed by atoms with Crippen LogP contribution in [0.1, 0.15) is 30.4 Å². The zero-order chi connectivity index (χ0) is 24.8. The number of aryl methyl sites for hydroxylation is 1. The minimum Gasteiger partial charge on any atom is -0.492 e. The zero-order valence-corrected chi connectivity index (χ0v) is 20.0. The Morgan fingerprint density at radius 3 is 2.63 bits per heavy atom. The Labute approximate surface area is 204 Å². The molecular weight excluding hydrogens is 446 g/mol. The number of likely N-dealkylation sites (tertiary alicyclic amines) is 1. The summed E-state index contributed by atoms with van der Waals surface area (Å²) in [6, 6.07) is 12.7. The first-order chi connectivity index (χ1) is 16.9. The summed E-state index contributed by atoms with van der Waals surface area (Å²) in [4.78, 5) is 46.8. The van der Waals surface area contributed by atoms with E-state index < -0.39 is 5.41 Å². The van der Waals surface area contributed by atoms with E-state index in [4.69, 9.17) is 4.74 Å². The van der Waals surface area contributed by atoms with Crippen LogP contribution in [-0.2, 0) is 33.4 Å². The molecule has 0 aliphatic carbocycles. The van der Waals surface area contributed by atoms with E-state index in [9.17, 15) is 14.4 Å². The SMILES string of the molecule is CN(Cc1cnn(C)c1)C(=O)C[C@@]1(c2ccccc2)CC(=O)N(CCCOc2cccnc2)C1=O. The average Bonchev–Trinajstić information content (AvgIpc) is 3.38. The van der Waals surface area contributed by atoms with Crippen molar-refractivity contribution >= 4 is 17.7 Å². The lowest BCUT2D eigenvalue weighted by molar-refractivity contribution is -0.142. The molecule has 3 heterocycles. The minimum atomic E-state index is -1.22. The van der Waals surface area contributed by atoms with E-state index in [1.807, 2.05) is 43.6 Å². The van der Waals surface area contributed by atoms with E-state index >= 15 is 0 Å². The van der Waals surface area contributed by atoms with Gasteiger partial charge in [0.25, 0.3) is 0 Å². The number of carbonyl (C=O) groups is 3. The molecule has 1 fully saturated rings. The van der Waals surface area contributed by atoms with E-state index in [1.165, 1.54) is 4.90 Å². The summed E-state index contributed by atoms with van der Waals surface area (Å²) in [6.07, 6.45) is 7.18. The zero-order valence-electron chi connectivity index (χ0n) is 20.0. The van der Waals surface area contributed by atoms with Gasteiger partial charge in [0, 0.05) is 58.0 Å². The Morgan fingerprint density at radius 1 is 1.14 bits per heavy atom. The minimum absolute atomic E-state index is 0.0359. The lowest BCUT2D eigenvalue weighted by atomic mass is 9.75. The van der Waals surface area contributed by atoms with Crippen LogP contribution in [-0.4, -0.2) is 62.5 Å². The highest BCUT2D eigenvalue weighted by Gasteiger charge is 2.53. The highest BCUT2D eigenvalue weighted by atomic mass is 16.5. The van der Waals surface area contributed by atoms with Crippen molar-refractivity contribution < 1.29 is 19.1 Å². The summed E-state index contributed by atoms with van der Waals surface area (Å²) in [7, 11) is 3.51. The predicted molar refractivity (Wildman–Crippen MR) is 128 cm³/mol. The lowest BCUT2D eigenvalue weighted by Crippen LogP contribution is -2.43. The van der Waals surface area contributed by atoms with Crippen molar-refractivity contribution in [3.8, 4) is 5.75 Å². The van der Waals surface area contributed by atoms with Crippen LogP contribution in [0.3, 0.4) is 0 Å². The van der Waals surface area contributed by atoms with Gasteiger partial charge in [0.2, 0.25) is 17.7 Å². The van der Waals surface area contributed by atoms with Gasteiger partial charge in [0.15, 0.2) is 0 Å². The van der Waals surface area contributed by atoms with Gasteiger partial charge in [-0.2, -0.15) is 5.10 Å². The van der Waals surface area contributed by atoms with E-state index in [0.717, 1.165) is 5.56 Å². The summed E-state index contributed by atoms with van der Waals surface area (Å²) in [5.41, 5.74) is 0.347. The van der Waals surface area contributed by atoms with Crippen LogP contribution in [0.15, 0.2) is 67.3 Å². The van der Waals surface area contributed by atoms with Crippen LogP contribution in [0.25, 0.3) is 0 Å². The van der Waals surface area contributed by atoms with Crippen LogP contribution < -0.4 is 4.74 Å². The number of aromatic nitrogens is 3. The second-order valence-electron chi connectivity index (χ2n) is 8.82. The van der Waals surface area contributed by atoms with Crippen LogP contribution >= 0.6 is 0 Å². The molecule has 1 saturated heterocycles. The van der Waals surface area contributed by atoms with Gasteiger partial charge in [-0.15, -0.1) is 0 Å². The first kappa shape index (κ1) is 24.1. The fraction of sp³-hybridized carbons (Fsp3) is 0.346. The number of ether oxygens (including phenoxy) is 1. The highest BCUT2D eigenvalue weighted by molar-refractivity contribution is 6.10. The third-order valence-electron chi connectivity index (χ3n) is 6.22. The van der Waals surface area contributed by atoms with Gasteiger partial charge in [0.05, 0.1) is 24.4 Å². The van der Waals surface area contributed by atoms with Crippen LogP contribution in [0.5, 0.6) is 5.75 Å². The van der Waals surface area contributed by atoms with Crippen molar-refractivity contribution in [2.45, 2.75) is 31.2 Å². The van der Waals surface area contributed by atoms with Gasteiger partial charge >= 0.3 is 0 Å². The van der Waals surface area contributed by atoms with Crippen molar-refractivity contribution in [3.05, 3.63) is 78.4 Å². The molecule has 0 radical (unpaired) electrons. The van der Waals surface area contributed by atoms with Crippen LogP contribution in [0.2, 0.25) is 0 Å². The molecule has 9 heteroatoms. The fourth-order valence-electron chi connectivity index (χ4n) is 4.40. The monoisotopic (exact) mass is 475 g/mol. The van der Waals surface area contributed by atoms with Crippen molar-refractivity contribution in [2.24, 2.45) is 7.05 Å². The Balaban J connectivity index is 1.47. The molecule has 1 atom stereocenters.